The molecule has 0 spiro atoms. The van der Waals surface area contributed by atoms with E-state index >= 15 is 0 Å². The van der Waals surface area contributed by atoms with E-state index in [1.54, 1.807) is 26.0 Å². The molecule has 0 saturated carbocycles. The van der Waals surface area contributed by atoms with Crippen LogP contribution in [0, 0.1) is 11.8 Å². The first kappa shape index (κ1) is 17.9. The summed E-state index contributed by atoms with van der Waals surface area (Å²) in [4.78, 5) is 17.7. The first-order valence-corrected chi connectivity index (χ1v) is 9.03. The summed E-state index contributed by atoms with van der Waals surface area (Å²) < 4.78 is 27.9. The summed E-state index contributed by atoms with van der Waals surface area (Å²) in [7, 11) is 0. The standard InChI is InChI=1S/C18H20F2N2O2S/c1-11-7-22(8-12(2)18(11,19)20)9-15-10-25-16(21-15)13-4-3-5-14(6-13)17(23)24/h3-6,10-12H,7-9H2,1-2H3,(H,23,24). The van der Waals surface area contributed by atoms with Gasteiger partial charge in [-0.2, -0.15) is 0 Å². The Hall–Kier alpha value is -1.86. The molecule has 2 aromatic rings. The molecular weight excluding hydrogens is 346 g/mol. The Labute approximate surface area is 149 Å². The van der Waals surface area contributed by atoms with E-state index in [1.807, 2.05) is 16.3 Å². The Morgan fingerprint density at radius 1 is 1.36 bits per heavy atom. The summed E-state index contributed by atoms with van der Waals surface area (Å²) in [5.41, 5.74) is 1.79. The molecule has 0 amide bonds. The van der Waals surface area contributed by atoms with Crippen molar-refractivity contribution >= 4 is 17.3 Å². The first-order valence-electron chi connectivity index (χ1n) is 8.15. The Kier molecular flexibility index (Phi) is 4.88. The number of likely N-dealkylation sites (tertiary alicyclic amines) is 1. The van der Waals surface area contributed by atoms with Crippen LogP contribution < -0.4 is 0 Å². The number of carbonyl (C=O) groups is 1. The number of aromatic carboxylic acids is 1. The highest BCUT2D eigenvalue weighted by Gasteiger charge is 2.46. The quantitative estimate of drug-likeness (QED) is 0.880. The molecule has 1 saturated heterocycles. The van der Waals surface area contributed by atoms with Crippen molar-refractivity contribution in [1.29, 1.82) is 0 Å². The Morgan fingerprint density at radius 3 is 2.68 bits per heavy atom. The fourth-order valence-corrected chi connectivity index (χ4v) is 4.04. The molecule has 7 heteroatoms. The number of aromatic nitrogens is 1. The van der Waals surface area contributed by atoms with Gasteiger partial charge in [0.1, 0.15) is 5.01 Å². The van der Waals surface area contributed by atoms with Gasteiger partial charge < -0.3 is 5.11 Å². The van der Waals surface area contributed by atoms with Crippen molar-refractivity contribution in [2.45, 2.75) is 26.3 Å². The minimum absolute atomic E-state index is 0.218. The normalized spacial score (nSPS) is 23.5. The number of hydrogen-bond donors (Lipinski definition) is 1. The third-order valence-corrected chi connectivity index (χ3v) is 5.61. The number of alkyl halides is 2. The lowest BCUT2D eigenvalue weighted by Gasteiger charge is -2.40. The van der Waals surface area contributed by atoms with Crippen LogP contribution in [-0.4, -0.2) is 40.0 Å². The number of halogens is 2. The van der Waals surface area contributed by atoms with Crippen molar-refractivity contribution < 1.29 is 18.7 Å². The number of carboxylic acid groups (broad SMARTS) is 1. The third kappa shape index (κ3) is 3.72. The summed E-state index contributed by atoms with van der Waals surface area (Å²) in [5.74, 6) is -4.96. The lowest BCUT2D eigenvalue weighted by atomic mass is 9.87. The minimum atomic E-state index is -2.62. The van der Waals surface area contributed by atoms with E-state index in [0.29, 0.717) is 19.6 Å². The van der Waals surface area contributed by atoms with E-state index in [-0.39, 0.29) is 5.56 Å². The Morgan fingerprint density at radius 2 is 2.04 bits per heavy atom. The van der Waals surface area contributed by atoms with Crippen LogP contribution in [0.25, 0.3) is 10.6 Å². The van der Waals surface area contributed by atoms with Crippen molar-refractivity contribution in [2.75, 3.05) is 13.1 Å². The van der Waals surface area contributed by atoms with Crippen LogP contribution >= 0.6 is 11.3 Å². The van der Waals surface area contributed by atoms with Crippen molar-refractivity contribution in [3.05, 3.63) is 40.9 Å². The topological polar surface area (TPSA) is 53.4 Å². The SMILES string of the molecule is CC1CN(Cc2csc(-c3cccc(C(=O)O)c3)n2)CC(C)C1(F)F. The lowest BCUT2D eigenvalue weighted by Crippen LogP contribution is -2.51. The second-order valence-electron chi connectivity index (χ2n) is 6.70. The zero-order chi connectivity index (χ0) is 18.2. The summed E-state index contributed by atoms with van der Waals surface area (Å²) in [6, 6.07) is 6.64. The number of carboxylic acids is 1. The zero-order valence-corrected chi connectivity index (χ0v) is 14.9. The summed E-state index contributed by atoms with van der Waals surface area (Å²) in [5, 5.41) is 11.7. The molecule has 3 rings (SSSR count). The van der Waals surface area contributed by atoms with Gasteiger partial charge in [0, 0.05) is 42.4 Å². The molecule has 0 radical (unpaired) electrons. The number of piperidine rings is 1. The van der Waals surface area contributed by atoms with E-state index in [2.05, 4.69) is 4.98 Å². The molecule has 0 bridgehead atoms. The molecule has 1 aromatic carbocycles. The average Bonchev–Trinajstić information content (AvgIpc) is 3.02. The summed E-state index contributed by atoms with van der Waals surface area (Å²) >= 11 is 1.43. The van der Waals surface area contributed by atoms with Crippen LogP contribution in [0.4, 0.5) is 8.78 Å². The van der Waals surface area contributed by atoms with Crippen molar-refractivity contribution in [2.24, 2.45) is 11.8 Å². The molecule has 2 unspecified atom stereocenters. The van der Waals surface area contributed by atoms with Crippen molar-refractivity contribution in [1.82, 2.24) is 9.88 Å². The van der Waals surface area contributed by atoms with Gasteiger partial charge in [-0.05, 0) is 12.1 Å². The highest BCUT2D eigenvalue weighted by atomic mass is 32.1. The number of hydrogen-bond acceptors (Lipinski definition) is 4. The van der Waals surface area contributed by atoms with E-state index < -0.39 is 23.7 Å². The fraction of sp³-hybridized carbons (Fsp3) is 0.444. The number of benzene rings is 1. The van der Waals surface area contributed by atoms with Crippen LogP contribution in [0.1, 0.15) is 29.9 Å². The van der Waals surface area contributed by atoms with E-state index in [4.69, 9.17) is 5.11 Å². The number of thiazole rings is 1. The largest absolute Gasteiger partial charge is 0.478 e. The van der Waals surface area contributed by atoms with Gasteiger partial charge in [0.15, 0.2) is 0 Å². The van der Waals surface area contributed by atoms with E-state index in [9.17, 15) is 13.6 Å². The lowest BCUT2D eigenvalue weighted by molar-refractivity contribution is -0.140. The highest BCUT2D eigenvalue weighted by molar-refractivity contribution is 7.13. The summed E-state index contributed by atoms with van der Waals surface area (Å²) in [6.45, 7) is 4.40. The fourth-order valence-electron chi connectivity index (χ4n) is 3.23. The first-order chi connectivity index (χ1) is 11.8. The van der Waals surface area contributed by atoms with Gasteiger partial charge in [-0.15, -0.1) is 11.3 Å². The second-order valence-corrected chi connectivity index (χ2v) is 7.56. The van der Waals surface area contributed by atoms with Crippen LogP contribution in [0.3, 0.4) is 0 Å². The Bertz CT molecular complexity index is 764. The van der Waals surface area contributed by atoms with E-state index in [1.165, 1.54) is 17.4 Å². The van der Waals surface area contributed by atoms with Crippen LogP contribution in [0.2, 0.25) is 0 Å². The smallest absolute Gasteiger partial charge is 0.335 e. The molecule has 1 N–H and O–H groups in total. The maximum absolute atomic E-state index is 13.9. The molecule has 1 fully saturated rings. The molecule has 134 valence electrons. The van der Waals surface area contributed by atoms with Crippen LogP contribution in [-0.2, 0) is 6.54 Å². The third-order valence-electron chi connectivity index (χ3n) is 4.67. The van der Waals surface area contributed by atoms with Gasteiger partial charge in [0.25, 0.3) is 5.92 Å². The van der Waals surface area contributed by atoms with Crippen LogP contribution in [0.5, 0.6) is 0 Å². The molecule has 2 heterocycles. The van der Waals surface area contributed by atoms with Crippen LogP contribution in [0.15, 0.2) is 29.6 Å². The van der Waals surface area contributed by atoms with Crippen molar-refractivity contribution in [3.8, 4) is 10.6 Å². The summed E-state index contributed by atoms with van der Waals surface area (Å²) in [6.07, 6.45) is 0. The second kappa shape index (κ2) is 6.80. The Balaban J connectivity index is 1.72. The molecule has 1 aliphatic heterocycles. The molecule has 25 heavy (non-hydrogen) atoms. The molecule has 4 nitrogen and oxygen atoms in total. The zero-order valence-electron chi connectivity index (χ0n) is 14.1. The maximum atomic E-state index is 13.9. The maximum Gasteiger partial charge on any atom is 0.335 e. The van der Waals surface area contributed by atoms with Gasteiger partial charge >= 0.3 is 5.97 Å². The van der Waals surface area contributed by atoms with Gasteiger partial charge in [-0.3, -0.25) is 4.90 Å². The molecule has 1 aromatic heterocycles. The highest BCUT2D eigenvalue weighted by Crippen LogP contribution is 2.38. The van der Waals surface area contributed by atoms with Crippen molar-refractivity contribution in [3.63, 3.8) is 0 Å². The van der Waals surface area contributed by atoms with Gasteiger partial charge in [0.05, 0.1) is 11.3 Å². The minimum Gasteiger partial charge on any atom is -0.478 e. The monoisotopic (exact) mass is 366 g/mol. The van der Waals surface area contributed by atoms with Gasteiger partial charge in [0.2, 0.25) is 0 Å². The number of nitrogens with zero attached hydrogens (tertiary/aromatic N) is 2. The predicted octanol–water partition coefficient (Wildman–Crippen LogP) is 4.23. The molecule has 1 aliphatic rings. The molecule has 2 atom stereocenters. The van der Waals surface area contributed by atoms with E-state index in [0.717, 1.165) is 16.3 Å². The predicted molar refractivity (Wildman–Crippen MR) is 93.1 cm³/mol. The number of rotatable bonds is 4. The average molecular weight is 366 g/mol. The van der Waals surface area contributed by atoms with Gasteiger partial charge in [-0.25, -0.2) is 18.6 Å². The molecular formula is C18H20F2N2O2S. The molecule has 0 aliphatic carbocycles. The van der Waals surface area contributed by atoms with Gasteiger partial charge in [-0.1, -0.05) is 26.0 Å².